The summed E-state index contributed by atoms with van der Waals surface area (Å²) in [7, 11) is 0. The van der Waals surface area contributed by atoms with Crippen LogP contribution in [-0.2, 0) is 9.53 Å². The molecule has 0 heterocycles. The average molecular weight is 186 g/mol. The lowest BCUT2D eigenvalue weighted by Crippen LogP contribution is -2.28. The Bertz CT molecular complexity index is 162. The maximum Gasteiger partial charge on any atom is 0.335 e. The van der Waals surface area contributed by atoms with Gasteiger partial charge in [-0.05, 0) is 32.1 Å². The standard InChI is InChI=1S/C10H18O3/c1-2-9(11)10(12)13-8-6-4-3-5-7-8/h8-9,11H,2-7H2,1H3. The van der Waals surface area contributed by atoms with E-state index in [2.05, 4.69) is 0 Å². The lowest BCUT2D eigenvalue weighted by molar-refractivity contribution is -0.160. The molecule has 1 saturated carbocycles. The molecule has 0 radical (unpaired) electrons. The minimum atomic E-state index is -0.929. The lowest BCUT2D eigenvalue weighted by Gasteiger charge is -2.22. The SMILES string of the molecule is CCC(O)C(=O)OC1CCCCC1. The van der Waals surface area contributed by atoms with Crippen LogP contribution in [0, 0.1) is 0 Å². The van der Waals surface area contributed by atoms with Crippen LogP contribution in [-0.4, -0.2) is 23.3 Å². The fourth-order valence-corrected chi connectivity index (χ4v) is 1.59. The summed E-state index contributed by atoms with van der Waals surface area (Å²) in [5.41, 5.74) is 0. The first kappa shape index (κ1) is 10.5. The van der Waals surface area contributed by atoms with Crippen molar-refractivity contribution in [3.05, 3.63) is 0 Å². The zero-order chi connectivity index (χ0) is 9.68. The zero-order valence-electron chi connectivity index (χ0n) is 8.16. The van der Waals surface area contributed by atoms with Crippen LogP contribution in [0.5, 0.6) is 0 Å². The van der Waals surface area contributed by atoms with Crippen LogP contribution in [0.15, 0.2) is 0 Å². The number of carbonyl (C=O) groups is 1. The van der Waals surface area contributed by atoms with Gasteiger partial charge in [0.2, 0.25) is 0 Å². The van der Waals surface area contributed by atoms with Crippen LogP contribution in [0.2, 0.25) is 0 Å². The van der Waals surface area contributed by atoms with E-state index in [9.17, 15) is 9.90 Å². The summed E-state index contributed by atoms with van der Waals surface area (Å²) in [6.45, 7) is 1.77. The number of hydrogen-bond donors (Lipinski definition) is 1. The van der Waals surface area contributed by atoms with Crippen molar-refractivity contribution in [1.82, 2.24) is 0 Å². The summed E-state index contributed by atoms with van der Waals surface area (Å²) in [5, 5.41) is 9.18. The molecule has 3 heteroatoms. The van der Waals surface area contributed by atoms with E-state index in [0.717, 1.165) is 25.7 Å². The summed E-state index contributed by atoms with van der Waals surface area (Å²) in [4.78, 5) is 11.2. The molecule has 1 atom stereocenters. The summed E-state index contributed by atoms with van der Waals surface area (Å²) >= 11 is 0. The van der Waals surface area contributed by atoms with Crippen molar-refractivity contribution in [3.8, 4) is 0 Å². The van der Waals surface area contributed by atoms with Crippen molar-refractivity contribution >= 4 is 5.97 Å². The highest BCUT2D eigenvalue weighted by molar-refractivity contribution is 5.74. The Hall–Kier alpha value is -0.570. The number of hydrogen-bond acceptors (Lipinski definition) is 3. The number of aliphatic hydroxyl groups is 1. The Morgan fingerprint density at radius 1 is 1.46 bits per heavy atom. The van der Waals surface area contributed by atoms with Crippen molar-refractivity contribution in [3.63, 3.8) is 0 Å². The van der Waals surface area contributed by atoms with Gasteiger partial charge in [0.15, 0.2) is 6.10 Å². The first-order chi connectivity index (χ1) is 6.24. The molecule has 0 aliphatic heterocycles. The van der Waals surface area contributed by atoms with E-state index in [-0.39, 0.29) is 6.10 Å². The Kier molecular flexibility index (Phi) is 4.22. The Labute approximate surface area is 79.1 Å². The smallest absolute Gasteiger partial charge is 0.335 e. The van der Waals surface area contributed by atoms with Gasteiger partial charge in [0, 0.05) is 0 Å². The lowest BCUT2D eigenvalue weighted by atomic mass is 9.98. The fourth-order valence-electron chi connectivity index (χ4n) is 1.59. The van der Waals surface area contributed by atoms with Crippen molar-refractivity contribution in [2.75, 3.05) is 0 Å². The molecule has 1 N–H and O–H groups in total. The summed E-state index contributed by atoms with van der Waals surface area (Å²) in [6.07, 6.45) is 5.00. The van der Waals surface area contributed by atoms with Crippen LogP contribution >= 0.6 is 0 Å². The normalized spacial score (nSPS) is 21.1. The average Bonchev–Trinajstić information content (AvgIpc) is 2.18. The third-order valence-electron chi connectivity index (χ3n) is 2.49. The third kappa shape index (κ3) is 3.35. The highest BCUT2D eigenvalue weighted by Gasteiger charge is 2.21. The van der Waals surface area contributed by atoms with Gasteiger partial charge >= 0.3 is 5.97 Å². The molecule has 0 amide bonds. The number of aliphatic hydroxyl groups excluding tert-OH is 1. The topological polar surface area (TPSA) is 46.5 Å². The maximum absolute atomic E-state index is 11.2. The molecule has 1 rings (SSSR count). The molecule has 1 fully saturated rings. The number of carbonyl (C=O) groups excluding carboxylic acids is 1. The van der Waals surface area contributed by atoms with Crippen LogP contribution in [0.3, 0.4) is 0 Å². The van der Waals surface area contributed by atoms with Gasteiger partial charge in [-0.3, -0.25) is 0 Å². The molecular weight excluding hydrogens is 168 g/mol. The molecule has 0 saturated heterocycles. The van der Waals surface area contributed by atoms with Gasteiger partial charge in [0.25, 0.3) is 0 Å². The number of rotatable bonds is 3. The minimum absolute atomic E-state index is 0.0578. The van der Waals surface area contributed by atoms with E-state index >= 15 is 0 Å². The van der Waals surface area contributed by atoms with E-state index in [1.165, 1.54) is 6.42 Å². The second-order valence-electron chi connectivity index (χ2n) is 3.62. The number of ether oxygens (including phenoxy) is 1. The zero-order valence-corrected chi connectivity index (χ0v) is 8.16. The first-order valence-corrected chi connectivity index (χ1v) is 5.12. The minimum Gasteiger partial charge on any atom is -0.460 e. The highest BCUT2D eigenvalue weighted by Crippen LogP contribution is 2.20. The fraction of sp³-hybridized carbons (Fsp3) is 0.900. The molecule has 1 aliphatic rings. The third-order valence-corrected chi connectivity index (χ3v) is 2.49. The molecule has 1 aliphatic carbocycles. The van der Waals surface area contributed by atoms with Gasteiger partial charge in [-0.1, -0.05) is 13.3 Å². The second kappa shape index (κ2) is 5.22. The molecule has 0 aromatic rings. The first-order valence-electron chi connectivity index (χ1n) is 5.12. The van der Waals surface area contributed by atoms with Crippen molar-refractivity contribution in [1.29, 1.82) is 0 Å². The van der Waals surface area contributed by atoms with Crippen molar-refractivity contribution in [2.45, 2.75) is 57.7 Å². The highest BCUT2D eigenvalue weighted by atomic mass is 16.6. The predicted octanol–water partition coefficient (Wildman–Crippen LogP) is 1.63. The molecular formula is C10H18O3. The van der Waals surface area contributed by atoms with Crippen molar-refractivity contribution < 1.29 is 14.6 Å². The van der Waals surface area contributed by atoms with E-state index < -0.39 is 12.1 Å². The second-order valence-corrected chi connectivity index (χ2v) is 3.62. The molecule has 0 bridgehead atoms. The van der Waals surface area contributed by atoms with E-state index in [4.69, 9.17) is 4.74 Å². The van der Waals surface area contributed by atoms with Gasteiger partial charge in [-0.25, -0.2) is 4.79 Å². The van der Waals surface area contributed by atoms with Gasteiger partial charge in [0.1, 0.15) is 6.10 Å². The molecule has 3 nitrogen and oxygen atoms in total. The maximum atomic E-state index is 11.2. The van der Waals surface area contributed by atoms with Gasteiger partial charge in [-0.15, -0.1) is 0 Å². The van der Waals surface area contributed by atoms with Gasteiger partial charge in [-0.2, -0.15) is 0 Å². The summed E-state index contributed by atoms with van der Waals surface area (Å²) in [5.74, 6) is -0.450. The molecule has 0 spiro atoms. The predicted molar refractivity (Wildman–Crippen MR) is 49.3 cm³/mol. The monoisotopic (exact) mass is 186 g/mol. The van der Waals surface area contributed by atoms with Gasteiger partial charge in [0.05, 0.1) is 0 Å². The Morgan fingerprint density at radius 2 is 2.08 bits per heavy atom. The van der Waals surface area contributed by atoms with Crippen LogP contribution in [0.4, 0.5) is 0 Å². The summed E-state index contributed by atoms with van der Waals surface area (Å²) in [6, 6.07) is 0. The van der Waals surface area contributed by atoms with Crippen molar-refractivity contribution in [2.24, 2.45) is 0 Å². The Morgan fingerprint density at radius 3 is 2.62 bits per heavy atom. The quantitative estimate of drug-likeness (QED) is 0.681. The number of esters is 1. The largest absolute Gasteiger partial charge is 0.460 e. The van der Waals surface area contributed by atoms with E-state index in [0.29, 0.717) is 6.42 Å². The van der Waals surface area contributed by atoms with E-state index in [1.807, 2.05) is 0 Å². The van der Waals surface area contributed by atoms with Crippen LogP contribution in [0.25, 0.3) is 0 Å². The van der Waals surface area contributed by atoms with Crippen LogP contribution < -0.4 is 0 Å². The molecule has 1 unspecified atom stereocenters. The van der Waals surface area contributed by atoms with E-state index in [1.54, 1.807) is 6.92 Å². The molecule has 0 aromatic heterocycles. The van der Waals surface area contributed by atoms with Crippen LogP contribution in [0.1, 0.15) is 45.4 Å². The van der Waals surface area contributed by atoms with Gasteiger partial charge < -0.3 is 9.84 Å². The molecule has 76 valence electrons. The molecule has 0 aromatic carbocycles. The Balaban J connectivity index is 2.26. The summed E-state index contributed by atoms with van der Waals surface area (Å²) < 4.78 is 5.16. The molecule has 13 heavy (non-hydrogen) atoms.